The number of rotatable bonds is 2. The topological polar surface area (TPSA) is 63.1 Å². The van der Waals surface area contributed by atoms with E-state index in [-0.39, 0.29) is 10.7 Å². The molecule has 0 atom stereocenters. The highest BCUT2D eigenvalue weighted by Crippen LogP contribution is 2.18. The first-order valence-corrected chi connectivity index (χ1v) is 4.87. The molecule has 0 saturated heterocycles. The van der Waals surface area contributed by atoms with Crippen molar-refractivity contribution in [1.82, 2.24) is 9.97 Å². The lowest BCUT2D eigenvalue weighted by Gasteiger charge is -2.02. The molecule has 1 heterocycles. The molecule has 0 saturated carbocycles. The fourth-order valence-electron chi connectivity index (χ4n) is 1.24. The number of aromatic carboxylic acids is 1. The summed E-state index contributed by atoms with van der Waals surface area (Å²) < 4.78 is 0. The number of nitrogens with zero attached hydrogens (tertiary/aromatic N) is 2. The van der Waals surface area contributed by atoms with Crippen LogP contribution in [0.2, 0.25) is 5.02 Å². The average Bonchev–Trinajstić information content (AvgIpc) is 2.30. The monoisotopic (exact) mass is 234 g/mol. The molecule has 0 unspecified atom stereocenters. The van der Waals surface area contributed by atoms with Gasteiger partial charge in [0.15, 0.2) is 11.5 Å². The number of benzene rings is 1. The van der Waals surface area contributed by atoms with E-state index in [0.29, 0.717) is 5.82 Å². The number of carbonyl (C=O) groups is 1. The number of carboxylic acids is 1. The van der Waals surface area contributed by atoms with Crippen LogP contribution >= 0.6 is 11.6 Å². The standard InChI is InChI=1S/C11H7ClN2O2/c12-8-6-13-10(14-9(8)11(15)16)7-4-2-1-3-5-7/h1-6H,(H,15,16). The molecule has 2 rings (SSSR count). The van der Waals surface area contributed by atoms with Gasteiger partial charge in [0, 0.05) is 5.56 Å². The number of carboxylic acid groups (broad SMARTS) is 1. The number of hydrogen-bond acceptors (Lipinski definition) is 3. The van der Waals surface area contributed by atoms with Gasteiger partial charge in [0.05, 0.1) is 11.2 Å². The third kappa shape index (κ3) is 2.01. The molecule has 0 spiro atoms. The van der Waals surface area contributed by atoms with Crippen molar-refractivity contribution in [1.29, 1.82) is 0 Å². The van der Waals surface area contributed by atoms with Crippen LogP contribution in [0.15, 0.2) is 36.5 Å². The van der Waals surface area contributed by atoms with Crippen molar-refractivity contribution < 1.29 is 9.90 Å². The molecular formula is C11H7ClN2O2. The third-order valence-corrected chi connectivity index (χ3v) is 2.26. The smallest absolute Gasteiger partial charge is 0.356 e. The molecule has 2 aromatic rings. The molecule has 0 fully saturated rings. The van der Waals surface area contributed by atoms with E-state index < -0.39 is 5.97 Å². The second kappa shape index (κ2) is 4.28. The minimum Gasteiger partial charge on any atom is -0.476 e. The Bertz CT molecular complexity index is 529. The van der Waals surface area contributed by atoms with Crippen LogP contribution in [-0.4, -0.2) is 21.0 Å². The van der Waals surface area contributed by atoms with Gasteiger partial charge in [-0.1, -0.05) is 41.9 Å². The van der Waals surface area contributed by atoms with E-state index in [9.17, 15) is 4.79 Å². The van der Waals surface area contributed by atoms with E-state index in [4.69, 9.17) is 16.7 Å². The molecule has 0 amide bonds. The maximum atomic E-state index is 10.8. The Morgan fingerprint density at radius 1 is 1.25 bits per heavy atom. The molecule has 0 aliphatic rings. The van der Waals surface area contributed by atoms with Gasteiger partial charge in [-0.2, -0.15) is 0 Å². The molecule has 4 nitrogen and oxygen atoms in total. The van der Waals surface area contributed by atoms with Crippen LogP contribution in [0.25, 0.3) is 11.4 Å². The maximum absolute atomic E-state index is 10.8. The Morgan fingerprint density at radius 3 is 2.56 bits per heavy atom. The molecule has 1 aromatic heterocycles. The Balaban J connectivity index is 2.52. The van der Waals surface area contributed by atoms with Gasteiger partial charge in [-0.15, -0.1) is 0 Å². The van der Waals surface area contributed by atoms with Gasteiger partial charge in [-0.25, -0.2) is 14.8 Å². The van der Waals surface area contributed by atoms with Crippen LogP contribution in [0.1, 0.15) is 10.5 Å². The first-order chi connectivity index (χ1) is 7.68. The fourth-order valence-corrected chi connectivity index (χ4v) is 1.42. The van der Waals surface area contributed by atoms with Crippen molar-refractivity contribution in [3.8, 4) is 11.4 Å². The first-order valence-electron chi connectivity index (χ1n) is 4.50. The predicted octanol–water partition coefficient (Wildman–Crippen LogP) is 2.50. The minimum atomic E-state index is -1.16. The van der Waals surface area contributed by atoms with Crippen LogP contribution in [-0.2, 0) is 0 Å². The fraction of sp³-hybridized carbons (Fsp3) is 0. The normalized spacial score (nSPS) is 10.1. The Labute approximate surface area is 96.6 Å². The summed E-state index contributed by atoms with van der Waals surface area (Å²) in [6, 6.07) is 9.11. The van der Waals surface area contributed by atoms with E-state index in [1.807, 2.05) is 18.2 Å². The lowest BCUT2D eigenvalue weighted by Crippen LogP contribution is -2.03. The lowest BCUT2D eigenvalue weighted by molar-refractivity contribution is 0.0690. The van der Waals surface area contributed by atoms with Gasteiger partial charge >= 0.3 is 5.97 Å². The summed E-state index contributed by atoms with van der Waals surface area (Å²) in [5.41, 5.74) is 0.567. The van der Waals surface area contributed by atoms with Gasteiger partial charge in [0.25, 0.3) is 0 Å². The molecule has 0 radical (unpaired) electrons. The van der Waals surface area contributed by atoms with E-state index in [0.717, 1.165) is 5.56 Å². The number of aromatic nitrogens is 2. The Morgan fingerprint density at radius 2 is 1.94 bits per heavy atom. The second-order valence-corrected chi connectivity index (χ2v) is 3.47. The molecule has 80 valence electrons. The summed E-state index contributed by atoms with van der Waals surface area (Å²) in [5.74, 6) is -0.813. The highest BCUT2D eigenvalue weighted by molar-refractivity contribution is 6.33. The van der Waals surface area contributed by atoms with Crippen LogP contribution in [0, 0.1) is 0 Å². The lowest BCUT2D eigenvalue weighted by atomic mass is 10.2. The van der Waals surface area contributed by atoms with Crippen molar-refractivity contribution in [3.05, 3.63) is 47.2 Å². The first kappa shape index (κ1) is 10.6. The van der Waals surface area contributed by atoms with Gasteiger partial charge in [-0.05, 0) is 0 Å². The Kier molecular flexibility index (Phi) is 2.83. The van der Waals surface area contributed by atoms with E-state index in [2.05, 4.69) is 9.97 Å². The van der Waals surface area contributed by atoms with Crippen molar-refractivity contribution in [2.45, 2.75) is 0 Å². The van der Waals surface area contributed by atoms with Gasteiger partial charge in [-0.3, -0.25) is 0 Å². The van der Waals surface area contributed by atoms with Crippen LogP contribution in [0.4, 0.5) is 0 Å². The van der Waals surface area contributed by atoms with Crippen LogP contribution < -0.4 is 0 Å². The molecule has 5 heteroatoms. The Hall–Kier alpha value is -1.94. The largest absolute Gasteiger partial charge is 0.476 e. The second-order valence-electron chi connectivity index (χ2n) is 3.06. The quantitative estimate of drug-likeness (QED) is 0.867. The van der Waals surface area contributed by atoms with Crippen molar-refractivity contribution >= 4 is 17.6 Å². The summed E-state index contributed by atoms with van der Waals surface area (Å²) in [4.78, 5) is 18.7. The van der Waals surface area contributed by atoms with Crippen LogP contribution in [0.5, 0.6) is 0 Å². The van der Waals surface area contributed by atoms with Gasteiger partial charge in [0.1, 0.15) is 0 Å². The van der Waals surface area contributed by atoms with Crippen molar-refractivity contribution in [2.24, 2.45) is 0 Å². The van der Waals surface area contributed by atoms with Crippen molar-refractivity contribution in [3.63, 3.8) is 0 Å². The SMILES string of the molecule is O=C(O)c1nc(-c2ccccc2)ncc1Cl. The summed E-state index contributed by atoms with van der Waals surface area (Å²) in [5, 5.41) is 8.90. The molecular weight excluding hydrogens is 228 g/mol. The summed E-state index contributed by atoms with van der Waals surface area (Å²) in [6.07, 6.45) is 1.29. The van der Waals surface area contributed by atoms with Gasteiger partial charge in [0.2, 0.25) is 0 Å². The molecule has 0 aliphatic carbocycles. The van der Waals surface area contributed by atoms with Gasteiger partial charge < -0.3 is 5.11 Å². The highest BCUT2D eigenvalue weighted by Gasteiger charge is 2.12. The molecule has 0 aliphatic heterocycles. The molecule has 16 heavy (non-hydrogen) atoms. The predicted molar refractivity (Wildman–Crippen MR) is 59.4 cm³/mol. The van der Waals surface area contributed by atoms with Crippen molar-refractivity contribution in [2.75, 3.05) is 0 Å². The van der Waals surface area contributed by atoms with E-state index in [1.165, 1.54) is 6.20 Å². The third-order valence-electron chi connectivity index (χ3n) is 1.98. The minimum absolute atomic E-state index is 0.0344. The number of halogens is 1. The summed E-state index contributed by atoms with van der Waals surface area (Å²) in [7, 11) is 0. The zero-order valence-corrected chi connectivity index (χ0v) is 8.85. The van der Waals surface area contributed by atoms with Crippen LogP contribution in [0.3, 0.4) is 0 Å². The molecule has 1 aromatic carbocycles. The van der Waals surface area contributed by atoms with E-state index in [1.54, 1.807) is 12.1 Å². The summed E-state index contributed by atoms with van der Waals surface area (Å²) in [6.45, 7) is 0. The molecule has 0 bridgehead atoms. The maximum Gasteiger partial charge on any atom is 0.356 e. The average molecular weight is 235 g/mol. The molecule has 1 N–H and O–H groups in total. The summed E-state index contributed by atoms with van der Waals surface area (Å²) >= 11 is 5.67. The van der Waals surface area contributed by atoms with E-state index >= 15 is 0 Å². The zero-order chi connectivity index (χ0) is 11.5. The number of hydrogen-bond donors (Lipinski definition) is 1. The zero-order valence-electron chi connectivity index (χ0n) is 8.09. The highest BCUT2D eigenvalue weighted by atomic mass is 35.5.